The molecule has 2 heterocycles. The number of aryl methyl sites for hydroxylation is 1. The third-order valence-corrected chi connectivity index (χ3v) is 5.52. The largest absolute Gasteiger partial charge is 0.323 e. The average molecular weight is 404 g/mol. The van der Waals surface area contributed by atoms with Crippen molar-refractivity contribution in [3.05, 3.63) is 71.6 Å². The van der Waals surface area contributed by atoms with Crippen molar-refractivity contribution in [1.82, 2.24) is 19.8 Å². The van der Waals surface area contributed by atoms with Crippen LogP contribution in [0.15, 0.2) is 54.6 Å². The fourth-order valence-corrected chi connectivity index (χ4v) is 3.77. The van der Waals surface area contributed by atoms with Crippen molar-refractivity contribution in [1.29, 1.82) is 0 Å². The van der Waals surface area contributed by atoms with Gasteiger partial charge in [-0.3, -0.25) is 4.79 Å². The van der Waals surface area contributed by atoms with Gasteiger partial charge in [-0.1, -0.05) is 49.4 Å². The van der Waals surface area contributed by atoms with Gasteiger partial charge in [0.2, 0.25) is 10.9 Å². The molecule has 0 saturated heterocycles. The fourth-order valence-electron chi connectivity index (χ4n) is 2.88. The van der Waals surface area contributed by atoms with E-state index in [0.29, 0.717) is 5.92 Å². The maximum atomic E-state index is 12.2. The number of carbonyl (C=O) groups excluding carboxylic acids is 1. The lowest BCUT2D eigenvalue weighted by atomic mass is 10.0. The van der Waals surface area contributed by atoms with E-state index in [-0.39, 0.29) is 5.91 Å². The van der Waals surface area contributed by atoms with Crippen LogP contribution in [0, 0.1) is 6.92 Å². The number of benzene rings is 2. The Bertz CT molecular complexity index is 1170. The summed E-state index contributed by atoms with van der Waals surface area (Å²) in [5.74, 6) is 1.09. The van der Waals surface area contributed by atoms with Crippen LogP contribution in [-0.2, 0) is 4.79 Å². The molecular weight excluding hydrogens is 382 g/mol. The second-order valence-electron chi connectivity index (χ2n) is 7.07. The van der Waals surface area contributed by atoms with Crippen LogP contribution in [0.5, 0.6) is 0 Å². The summed E-state index contributed by atoms with van der Waals surface area (Å²) >= 11 is 1.48. The first kappa shape index (κ1) is 19.0. The molecule has 0 atom stereocenters. The molecule has 146 valence electrons. The summed E-state index contributed by atoms with van der Waals surface area (Å²) in [5.41, 5.74) is 3.99. The van der Waals surface area contributed by atoms with Gasteiger partial charge in [0, 0.05) is 17.3 Å². The highest BCUT2D eigenvalue weighted by Crippen LogP contribution is 2.26. The monoisotopic (exact) mass is 403 g/mol. The molecule has 1 N–H and O–H groups in total. The molecule has 1 amide bonds. The minimum absolute atomic E-state index is 0.167. The minimum Gasteiger partial charge on any atom is -0.323 e. The van der Waals surface area contributed by atoms with Gasteiger partial charge in [-0.05, 0) is 54.3 Å². The van der Waals surface area contributed by atoms with Crippen LogP contribution >= 0.6 is 11.3 Å². The lowest BCUT2D eigenvalue weighted by molar-refractivity contribution is -0.111. The van der Waals surface area contributed by atoms with Crippen molar-refractivity contribution in [2.45, 2.75) is 26.7 Å². The Labute approximate surface area is 172 Å². The van der Waals surface area contributed by atoms with Gasteiger partial charge in [0.05, 0.1) is 0 Å². The van der Waals surface area contributed by atoms with Crippen LogP contribution in [0.3, 0.4) is 0 Å². The first-order valence-corrected chi connectivity index (χ1v) is 10.2. The molecule has 2 aromatic carbocycles. The predicted molar refractivity (Wildman–Crippen MR) is 117 cm³/mol. The highest BCUT2D eigenvalue weighted by atomic mass is 32.1. The molecule has 4 aromatic rings. The molecule has 29 heavy (non-hydrogen) atoms. The van der Waals surface area contributed by atoms with E-state index >= 15 is 0 Å². The molecule has 6 nitrogen and oxygen atoms in total. The summed E-state index contributed by atoms with van der Waals surface area (Å²) in [6.45, 7) is 6.19. The quantitative estimate of drug-likeness (QED) is 0.479. The maximum absolute atomic E-state index is 12.2. The Morgan fingerprint density at radius 1 is 1.07 bits per heavy atom. The summed E-state index contributed by atoms with van der Waals surface area (Å²) in [6, 6.07) is 15.8. The van der Waals surface area contributed by atoms with E-state index in [1.165, 1.54) is 16.9 Å². The molecular formula is C22H21N5OS. The highest BCUT2D eigenvalue weighted by molar-refractivity contribution is 7.19. The van der Waals surface area contributed by atoms with Gasteiger partial charge in [-0.2, -0.15) is 9.61 Å². The lowest BCUT2D eigenvalue weighted by Gasteiger charge is -2.05. The van der Waals surface area contributed by atoms with Crippen LogP contribution in [0.1, 0.15) is 36.7 Å². The number of aromatic nitrogens is 4. The van der Waals surface area contributed by atoms with Gasteiger partial charge >= 0.3 is 0 Å². The molecule has 7 heteroatoms. The van der Waals surface area contributed by atoms with E-state index in [1.54, 1.807) is 10.6 Å². The number of nitrogens with one attached hydrogen (secondary N) is 1. The summed E-state index contributed by atoms with van der Waals surface area (Å²) in [6.07, 6.45) is 3.36. The van der Waals surface area contributed by atoms with Crippen molar-refractivity contribution in [3.63, 3.8) is 0 Å². The molecule has 0 aliphatic carbocycles. The molecule has 2 aromatic heterocycles. The average Bonchev–Trinajstić information content (AvgIpc) is 3.29. The van der Waals surface area contributed by atoms with Crippen molar-refractivity contribution >= 4 is 34.0 Å². The van der Waals surface area contributed by atoms with E-state index in [4.69, 9.17) is 0 Å². The van der Waals surface area contributed by atoms with Crippen LogP contribution < -0.4 is 5.32 Å². The number of rotatable bonds is 5. The normalized spacial score (nSPS) is 11.6. The summed E-state index contributed by atoms with van der Waals surface area (Å²) < 4.78 is 1.73. The van der Waals surface area contributed by atoms with Gasteiger partial charge in [-0.25, -0.2) is 0 Å². The zero-order chi connectivity index (χ0) is 20.4. The van der Waals surface area contributed by atoms with E-state index < -0.39 is 0 Å². The van der Waals surface area contributed by atoms with Crippen molar-refractivity contribution in [2.24, 2.45) is 0 Å². The fraction of sp³-hybridized carbons (Fsp3) is 0.182. The van der Waals surface area contributed by atoms with E-state index in [2.05, 4.69) is 46.6 Å². The number of hydrogen-bond acceptors (Lipinski definition) is 5. The third-order valence-electron chi connectivity index (χ3n) is 4.58. The predicted octanol–water partition coefficient (Wildman–Crippen LogP) is 4.94. The topological polar surface area (TPSA) is 72.2 Å². The summed E-state index contributed by atoms with van der Waals surface area (Å²) in [5, 5.41) is 16.3. The zero-order valence-electron chi connectivity index (χ0n) is 16.5. The number of amides is 1. The molecule has 0 bridgehead atoms. The summed E-state index contributed by atoms with van der Waals surface area (Å²) in [4.78, 5) is 13.0. The molecule has 0 aliphatic rings. The molecule has 0 unspecified atom stereocenters. The lowest BCUT2D eigenvalue weighted by Crippen LogP contribution is -2.07. The number of hydrogen-bond donors (Lipinski definition) is 1. The van der Waals surface area contributed by atoms with E-state index in [0.717, 1.165) is 32.6 Å². The SMILES string of the molecule is Cc1nnc2sc(-c3ccc(NC(=O)C=Cc4ccc(C(C)C)cc4)cc3)nn12. The number of nitrogens with zero attached hydrogens (tertiary/aromatic N) is 4. The first-order chi connectivity index (χ1) is 14.0. The van der Waals surface area contributed by atoms with Gasteiger partial charge in [0.1, 0.15) is 5.01 Å². The van der Waals surface area contributed by atoms with Crippen molar-refractivity contribution < 1.29 is 4.79 Å². The first-order valence-electron chi connectivity index (χ1n) is 9.38. The Morgan fingerprint density at radius 3 is 2.45 bits per heavy atom. The van der Waals surface area contributed by atoms with Gasteiger partial charge < -0.3 is 5.32 Å². The highest BCUT2D eigenvalue weighted by Gasteiger charge is 2.10. The van der Waals surface area contributed by atoms with Crippen molar-refractivity contribution in [2.75, 3.05) is 5.32 Å². The smallest absolute Gasteiger partial charge is 0.248 e. The van der Waals surface area contributed by atoms with Gasteiger partial charge in [0.25, 0.3) is 0 Å². The maximum Gasteiger partial charge on any atom is 0.248 e. The third kappa shape index (κ3) is 4.25. The van der Waals surface area contributed by atoms with Gasteiger partial charge in [-0.15, -0.1) is 10.2 Å². The number of fused-ring (bicyclic) bond motifs is 1. The Kier molecular flexibility index (Phi) is 5.22. The zero-order valence-corrected chi connectivity index (χ0v) is 17.3. The standard InChI is InChI=1S/C22H21N5OS/c1-14(2)17-7-4-16(5-8-17)6-13-20(28)23-19-11-9-18(10-12-19)21-26-27-15(3)24-25-22(27)29-21/h4-14H,1-3H3,(H,23,28). The molecule has 4 rings (SSSR count). The molecule has 0 fully saturated rings. The van der Waals surface area contributed by atoms with Crippen LogP contribution in [0.2, 0.25) is 0 Å². The molecule has 0 aliphatic heterocycles. The molecule has 0 saturated carbocycles. The summed E-state index contributed by atoms with van der Waals surface area (Å²) in [7, 11) is 0. The van der Waals surface area contributed by atoms with Gasteiger partial charge in [0.15, 0.2) is 5.82 Å². The minimum atomic E-state index is -0.167. The Morgan fingerprint density at radius 2 is 1.79 bits per heavy atom. The van der Waals surface area contributed by atoms with Crippen LogP contribution in [0.4, 0.5) is 5.69 Å². The molecule has 0 radical (unpaired) electrons. The Balaban J connectivity index is 1.40. The number of anilines is 1. The molecule has 0 spiro atoms. The van der Waals surface area contributed by atoms with Crippen molar-refractivity contribution in [3.8, 4) is 10.6 Å². The Hall–Kier alpha value is -3.32. The van der Waals surface area contributed by atoms with Crippen LogP contribution in [0.25, 0.3) is 21.6 Å². The van der Waals surface area contributed by atoms with Crippen LogP contribution in [-0.4, -0.2) is 25.7 Å². The second-order valence-corrected chi connectivity index (χ2v) is 8.03. The van der Waals surface area contributed by atoms with E-state index in [9.17, 15) is 4.79 Å². The van der Waals surface area contributed by atoms with E-state index in [1.807, 2.05) is 49.4 Å². The second kappa shape index (κ2) is 7.97. The number of carbonyl (C=O) groups is 1.